The van der Waals surface area contributed by atoms with Gasteiger partial charge in [0, 0.05) is 42.9 Å². The third kappa shape index (κ3) is 6.63. The number of hydrogen-bond acceptors (Lipinski definition) is 5. The molecule has 7 nitrogen and oxygen atoms in total. The van der Waals surface area contributed by atoms with Gasteiger partial charge in [0.05, 0.1) is 29.7 Å². The Morgan fingerprint density at radius 1 is 0.705 bits per heavy atom. The Labute approximate surface area is 261 Å². The van der Waals surface area contributed by atoms with Crippen molar-refractivity contribution in [2.24, 2.45) is 0 Å². The van der Waals surface area contributed by atoms with E-state index >= 15 is 0 Å². The maximum absolute atomic E-state index is 13.2. The Bertz CT molecular complexity index is 1610. The summed E-state index contributed by atoms with van der Waals surface area (Å²) in [6, 6.07) is 24.0. The molecule has 0 spiro atoms. The summed E-state index contributed by atoms with van der Waals surface area (Å²) in [5, 5.41) is 5.08. The van der Waals surface area contributed by atoms with Crippen LogP contribution in [0.3, 0.4) is 0 Å². The molecule has 7 heteroatoms. The van der Waals surface area contributed by atoms with Gasteiger partial charge in [-0.25, -0.2) is 9.48 Å². The first-order valence-electron chi connectivity index (χ1n) is 15.3. The van der Waals surface area contributed by atoms with E-state index in [2.05, 4.69) is 77.8 Å². The summed E-state index contributed by atoms with van der Waals surface area (Å²) in [5.41, 5.74) is 8.16. The molecular weight excluding hydrogens is 548 g/mol. The third-order valence-electron chi connectivity index (χ3n) is 8.42. The first-order chi connectivity index (χ1) is 20.7. The van der Waals surface area contributed by atoms with Crippen LogP contribution in [0, 0.1) is 0 Å². The zero-order chi connectivity index (χ0) is 31.8. The zero-order valence-electron chi connectivity index (χ0n) is 27.3. The van der Waals surface area contributed by atoms with Gasteiger partial charge < -0.3 is 14.5 Å². The largest absolute Gasteiger partial charge is 0.465 e. The molecular formula is C37H44N4O3. The van der Waals surface area contributed by atoms with Crippen molar-refractivity contribution in [3.63, 3.8) is 0 Å². The molecule has 0 atom stereocenters. The highest BCUT2D eigenvalue weighted by Gasteiger charge is 2.24. The van der Waals surface area contributed by atoms with Crippen molar-refractivity contribution in [3.05, 3.63) is 95.1 Å². The average Bonchev–Trinajstić information content (AvgIpc) is 3.45. The lowest BCUT2D eigenvalue weighted by atomic mass is 9.79. The SMILES string of the molecule is COC(=O)c1ccc(-c2cc(-c3cc(C(C)(C)C)cc(C(C)(C)C)c3)n(-c3ccc(C(=O)N4CCN(C)CC4)cc3)n2)cc1. The minimum Gasteiger partial charge on any atom is -0.465 e. The number of nitrogens with zero attached hydrogens (tertiary/aromatic N) is 4. The van der Waals surface area contributed by atoms with Crippen LogP contribution in [0.2, 0.25) is 0 Å². The van der Waals surface area contributed by atoms with E-state index in [1.165, 1.54) is 18.2 Å². The van der Waals surface area contributed by atoms with E-state index in [0.717, 1.165) is 54.4 Å². The van der Waals surface area contributed by atoms with Gasteiger partial charge in [-0.2, -0.15) is 5.10 Å². The molecule has 0 N–H and O–H groups in total. The maximum atomic E-state index is 13.2. The molecule has 4 aromatic rings. The molecule has 0 aliphatic carbocycles. The number of carbonyl (C=O) groups excluding carboxylic acids is 2. The predicted molar refractivity (Wildman–Crippen MR) is 177 cm³/mol. The number of ether oxygens (including phenoxy) is 1. The highest BCUT2D eigenvalue weighted by Crippen LogP contribution is 2.36. The minimum absolute atomic E-state index is 0.0430. The van der Waals surface area contributed by atoms with Crippen LogP contribution in [-0.2, 0) is 15.6 Å². The first kappa shape index (κ1) is 31.2. The highest BCUT2D eigenvalue weighted by molar-refractivity contribution is 5.94. The third-order valence-corrected chi connectivity index (χ3v) is 8.42. The smallest absolute Gasteiger partial charge is 0.337 e. The summed E-state index contributed by atoms with van der Waals surface area (Å²) < 4.78 is 6.84. The number of carbonyl (C=O) groups is 2. The fourth-order valence-electron chi connectivity index (χ4n) is 5.40. The molecule has 5 rings (SSSR count). The molecule has 44 heavy (non-hydrogen) atoms. The van der Waals surface area contributed by atoms with E-state index in [1.807, 2.05) is 46.0 Å². The van der Waals surface area contributed by atoms with Gasteiger partial charge in [0.25, 0.3) is 5.91 Å². The number of piperazine rings is 1. The van der Waals surface area contributed by atoms with Crippen molar-refractivity contribution in [1.82, 2.24) is 19.6 Å². The molecule has 1 aliphatic heterocycles. The number of rotatable bonds is 5. The highest BCUT2D eigenvalue weighted by atomic mass is 16.5. The van der Waals surface area contributed by atoms with Gasteiger partial charge in [-0.15, -0.1) is 0 Å². The van der Waals surface area contributed by atoms with Gasteiger partial charge in [-0.1, -0.05) is 59.7 Å². The van der Waals surface area contributed by atoms with Gasteiger partial charge >= 0.3 is 5.97 Å². The van der Waals surface area contributed by atoms with E-state index in [1.54, 1.807) is 12.1 Å². The molecule has 3 aromatic carbocycles. The molecule has 1 amide bonds. The van der Waals surface area contributed by atoms with Crippen molar-refractivity contribution in [2.45, 2.75) is 52.4 Å². The van der Waals surface area contributed by atoms with Crippen molar-refractivity contribution in [3.8, 4) is 28.2 Å². The summed E-state index contributed by atoms with van der Waals surface area (Å²) in [5.74, 6) is -0.313. The fraction of sp³-hybridized carbons (Fsp3) is 0.378. The standard InChI is InChI=1S/C37H44N4O3/c1-36(2,3)29-21-28(22-30(23-29)37(4,5)6)33-24-32(25-9-11-27(12-10-25)35(43)44-8)38-41(33)31-15-13-26(14-16-31)34(42)40-19-17-39(7)18-20-40/h9-16,21-24H,17-20H2,1-8H3. The van der Waals surface area contributed by atoms with Gasteiger partial charge in [-0.3, -0.25) is 4.79 Å². The van der Waals surface area contributed by atoms with Crippen molar-refractivity contribution in [2.75, 3.05) is 40.3 Å². The Morgan fingerprint density at radius 2 is 1.25 bits per heavy atom. The number of methoxy groups -OCH3 is 1. The van der Waals surface area contributed by atoms with Gasteiger partial charge in [0.2, 0.25) is 0 Å². The van der Waals surface area contributed by atoms with Crippen LogP contribution in [0.1, 0.15) is 73.4 Å². The summed E-state index contributed by atoms with van der Waals surface area (Å²) >= 11 is 0. The Morgan fingerprint density at radius 3 is 1.77 bits per heavy atom. The predicted octanol–water partition coefficient (Wildman–Crippen LogP) is 6.98. The molecule has 1 aliphatic rings. The molecule has 1 saturated heterocycles. The van der Waals surface area contributed by atoms with Crippen LogP contribution >= 0.6 is 0 Å². The number of amides is 1. The van der Waals surface area contributed by atoms with Gasteiger partial charge in [0.1, 0.15) is 0 Å². The van der Waals surface area contributed by atoms with Crippen molar-refractivity contribution in [1.29, 1.82) is 0 Å². The minimum atomic E-state index is -0.373. The number of hydrogen-bond donors (Lipinski definition) is 0. The lowest BCUT2D eigenvalue weighted by molar-refractivity contribution is 0.0600. The lowest BCUT2D eigenvalue weighted by Gasteiger charge is -2.32. The number of benzene rings is 3. The molecule has 0 radical (unpaired) electrons. The number of aromatic nitrogens is 2. The molecule has 2 heterocycles. The van der Waals surface area contributed by atoms with E-state index in [9.17, 15) is 9.59 Å². The zero-order valence-corrected chi connectivity index (χ0v) is 27.3. The van der Waals surface area contributed by atoms with E-state index in [-0.39, 0.29) is 22.7 Å². The number of likely N-dealkylation sites (N-methyl/N-ethyl adjacent to an activating group) is 1. The molecule has 1 fully saturated rings. The number of esters is 1. The van der Waals surface area contributed by atoms with Gasteiger partial charge in [0.15, 0.2) is 0 Å². The lowest BCUT2D eigenvalue weighted by Crippen LogP contribution is -2.47. The monoisotopic (exact) mass is 592 g/mol. The van der Waals surface area contributed by atoms with E-state index in [4.69, 9.17) is 9.84 Å². The second-order valence-corrected chi connectivity index (χ2v) is 13.8. The molecule has 0 saturated carbocycles. The summed E-state index contributed by atoms with van der Waals surface area (Å²) in [6.45, 7) is 16.7. The Hall–Kier alpha value is -4.23. The van der Waals surface area contributed by atoms with Crippen LogP contribution < -0.4 is 0 Å². The molecule has 1 aromatic heterocycles. The second-order valence-electron chi connectivity index (χ2n) is 13.8. The summed E-state index contributed by atoms with van der Waals surface area (Å²) in [7, 11) is 3.47. The van der Waals surface area contributed by atoms with Crippen molar-refractivity contribution < 1.29 is 14.3 Å². The Balaban J connectivity index is 1.61. The van der Waals surface area contributed by atoms with Crippen LogP contribution in [0.15, 0.2) is 72.8 Å². The second kappa shape index (κ2) is 12.0. The van der Waals surface area contributed by atoms with Gasteiger partial charge in [-0.05, 0) is 83.6 Å². The van der Waals surface area contributed by atoms with Crippen LogP contribution in [0.4, 0.5) is 0 Å². The maximum Gasteiger partial charge on any atom is 0.337 e. The molecule has 0 bridgehead atoms. The molecule has 230 valence electrons. The summed E-state index contributed by atoms with van der Waals surface area (Å²) in [4.78, 5) is 29.4. The Kier molecular flexibility index (Phi) is 8.54. The molecule has 0 unspecified atom stereocenters. The fourth-order valence-corrected chi connectivity index (χ4v) is 5.40. The van der Waals surface area contributed by atoms with Crippen LogP contribution in [-0.4, -0.2) is 71.8 Å². The van der Waals surface area contributed by atoms with E-state index < -0.39 is 0 Å². The summed E-state index contributed by atoms with van der Waals surface area (Å²) in [6.07, 6.45) is 0. The first-order valence-corrected chi connectivity index (χ1v) is 15.3. The van der Waals surface area contributed by atoms with Crippen LogP contribution in [0.5, 0.6) is 0 Å². The quantitative estimate of drug-likeness (QED) is 0.234. The van der Waals surface area contributed by atoms with Crippen LogP contribution in [0.25, 0.3) is 28.2 Å². The topological polar surface area (TPSA) is 67.7 Å². The average molecular weight is 593 g/mol. The van der Waals surface area contributed by atoms with E-state index in [0.29, 0.717) is 11.1 Å². The van der Waals surface area contributed by atoms with Crippen molar-refractivity contribution >= 4 is 11.9 Å². The normalized spacial score (nSPS) is 14.5.